The van der Waals surface area contributed by atoms with E-state index < -0.39 is 0 Å². The third kappa shape index (κ3) is 3.12. The SMILES string of the molecule is COC(=O)[C@@]12CCC3=C(CC[C@H]4[C@@]5(C)CCC(O)C(C)(C)[C@H]5CC[C@@]34C)[C@H]1CC(C)(C)CC2. The number of esters is 1. The van der Waals surface area contributed by atoms with Gasteiger partial charge in [-0.05, 0) is 110 Å². The van der Waals surface area contributed by atoms with Crippen molar-refractivity contribution in [1.82, 2.24) is 0 Å². The van der Waals surface area contributed by atoms with E-state index >= 15 is 0 Å². The van der Waals surface area contributed by atoms with Crippen molar-refractivity contribution in [3.8, 4) is 0 Å². The van der Waals surface area contributed by atoms with Crippen molar-refractivity contribution in [2.24, 2.45) is 44.8 Å². The summed E-state index contributed by atoms with van der Waals surface area (Å²) in [5, 5.41) is 10.9. The third-order valence-corrected chi connectivity index (χ3v) is 12.3. The number of hydrogen-bond donors (Lipinski definition) is 1. The molecule has 33 heavy (non-hydrogen) atoms. The number of carbonyl (C=O) groups is 1. The van der Waals surface area contributed by atoms with E-state index in [2.05, 4.69) is 41.5 Å². The lowest BCUT2D eigenvalue weighted by Crippen LogP contribution is -2.60. The van der Waals surface area contributed by atoms with Crippen LogP contribution < -0.4 is 0 Å². The summed E-state index contributed by atoms with van der Waals surface area (Å²) in [7, 11) is 1.59. The second kappa shape index (κ2) is 7.34. The van der Waals surface area contributed by atoms with E-state index in [-0.39, 0.29) is 28.3 Å². The van der Waals surface area contributed by atoms with Crippen LogP contribution in [-0.4, -0.2) is 24.3 Å². The molecule has 0 amide bonds. The molecule has 5 aliphatic rings. The van der Waals surface area contributed by atoms with Crippen LogP contribution in [0.1, 0.15) is 112 Å². The van der Waals surface area contributed by atoms with Gasteiger partial charge in [0.05, 0.1) is 18.6 Å². The molecule has 0 radical (unpaired) electrons. The lowest BCUT2D eigenvalue weighted by atomic mass is 9.38. The number of methoxy groups -OCH3 is 1. The van der Waals surface area contributed by atoms with Crippen LogP contribution in [0.2, 0.25) is 0 Å². The minimum Gasteiger partial charge on any atom is -0.469 e. The molecule has 1 N–H and O–H groups in total. The fourth-order valence-corrected chi connectivity index (χ4v) is 10.4. The zero-order chi connectivity index (χ0) is 24.0. The molecule has 5 rings (SSSR count). The van der Waals surface area contributed by atoms with Crippen molar-refractivity contribution < 1.29 is 14.6 Å². The Kier molecular flexibility index (Phi) is 5.31. The van der Waals surface area contributed by atoms with E-state index in [1.165, 1.54) is 25.7 Å². The van der Waals surface area contributed by atoms with Crippen LogP contribution in [0.5, 0.6) is 0 Å². The first-order valence-corrected chi connectivity index (χ1v) is 13.8. The van der Waals surface area contributed by atoms with E-state index in [9.17, 15) is 9.90 Å². The largest absolute Gasteiger partial charge is 0.469 e. The summed E-state index contributed by atoms with van der Waals surface area (Å²) in [6, 6.07) is 0. The number of fused-ring (bicyclic) bond motifs is 6. The smallest absolute Gasteiger partial charge is 0.312 e. The van der Waals surface area contributed by atoms with Gasteiger partial charge < -0.3 is 9.84 Å². The molecule has 3 saturated carbocycles. The maximum Gasteiger partial charge on any atom is 0.312 e. The first-order chi connectivity index (χ1) is 15.3. The third-order valence-electron chi connectivity index (χ3n) is 12.3. The van der Waals surface area contributed by atoms with Gasteiger partial charge in [0.1, 0.15) is 0 Å². The second-order valence-corrected chi connectivity index (χ2v) is 14.6. The van der Waals surface area contributed by atoms with Crippen molar-refractivity contribution in [2.45, 2.75) is 118 Å². The van der Waals surface area contributed by atoms with Gasteiger partial charge in [-0.25, -0.2) is 0 Å². The topological polar surface area (TPSA) is 46.5 Å². The molecule has 0 aromatic carbocycles. The molecule has 0 aromatic rings. The van der Waals surface area contributed by atoms with Crippen LogP contribution in [0.25, 0.3) is 0 Å². The van der Waals surface area contributed by atoms with E-state index in [1.54, 1.807) is 18.3 Å². The Labute approximate surface area is 202 Å². The summed E-state index contributed by atoms with van der Waals surface area (Å²) in [6.45, 7) is 14.6. The Morgan fingerprint density at radius 3 is 2.30 bits per heavy atom. The van der Waals surface area contributed by atoms with Crippen molar-refractivity contribution in [3.63, 3.8) is 0 Å². The molecule has 3 nitrogen and oxygen atoms in total. The Balaban J connectivity index is 1.57. The Morgan fingerprint density at radius 1 is 0.879 bits per heavy atom. The van der Waals surface area contributed by atoms with Gasteiger partial charge >= 0.3 is 5.97 Å². The number of hydrogen-bond acceptors (Lipinski definition) is 3. The Morgan fingerprint density at radius 2 is 1.61 bits per heavy atom. The van der Waals surface area contributed by atoms with Crippen molar-refractivity contribution in [2.75, 3.05) is 7.11 Å². The minimum atomic E-state index is -0.287. The lowest BCUT2D eigenvalue weighted by Gasteiger charge is -2.66. The first kappa shape index (κ1) is 23.9. The van der Waals surface area contributed by atoms with Gasteiger partial charge in [0.25, 0.3) is 0 Å². The molecule has 0 bridgehead atoms. The molecule has 5 aliphatic carbocycles. The maximum atomic E-state index is 13.2. The standard InChI is InChI=1S/C30H48O3/c1-26(2)16-17-30(25(32)33-7)15-10-20-19(21(30)18-26)8-9-23-28(20,5)13-11-22-27(3,4)24(31)12-14-29(22,23)6/h21-24,31H,8-18H2,1-7H3/t21-,22-,23-,24?,28+,29+,30-/m1/s1. The summed E-state index contributed by atoms with van der Waals surface area (Å²) >= 11 is 0. The molecule has 0 spiro atoms. The number of ether oxygens (including phenoxy) is 1. The monoisotopic (exact) mass is 456 g/mol. The molecular formula is C30H48O3. The molecule has 1 unspecified atom stereocenters. The van der Waals surface area contributed by atoms with Crippen LogP contribution in [0.4, 0.5) is 0 Å². The van der Waals surface area contributed by atoms with Gasteiger partial charge in [-0.1, -0.05) is 52.7 Å². The fourth-order valence-electron chi connectivity index (χ4n) is 10.4. The van der Waals surface area contributed by atoms with E-state index in [4.69, 9.17) is 4.74 Å². The van der Waals surface area contributed by atoms with Gasteiger partial charge in [-0.15, -0.1) is 0 Å². The first-order valence-electron chi connectivity index (χ1n) is 13.8. The molecule has 0 aromatic heterocycles. The summed E-state index contributed by atoms with van der Waals surface area (Å²) in [5.74, 6) is 1.71. The maximum absolute atomic E-state index is 13.2. The zero-order valence-corrected chi connectivity index (χ0v) is 22.4. The van der Waals surface area contributed by atoms with Gasteiger partial charge in [0.15, 0.2) is 0 Å². The predicted octanol–water partition coefficient (Wildman–Crippen LogP) is 7.08. The van der Waals surface area contributed by atoms with Gasteiger partial charge in [-0.2, -0.15) is 0 Å². The molecule has 0 aliphatic heterocycles. The van der Waals surface area contributed by atoms with Gasteiger partial charge in [-0.3, -0.25) is 4.79 Å². The number of carbonyl (C=O) groups excluding carboxylic acids is 1. The lowest BCUT2D eigenvalue weighted by molar-refractivity contribution is -0.172. The zero-order valence-electron chi connectivity index (χ0n) is 22.4. The predicted molar refractivity (Wildman–Crippen MR) is 133 cm³/mol. The molecule has 7 atom stereocenters. The highest BCUT2D eigenvalue weighted by atomic mass is 16.5. The highest BCUT2D eigenvalue weighted by molar-refractivity contribution is 5.78. The average molecular weight is 457 g/mol. The molecule has 3 heteroatoms. The summed E-state index contributed by atoms with van der Waals surface area (Å²) in [4.78, 5) is 13.2. The van der Waals surface area contributed by atoms with Crippen LogP contribution in [0, 0.1) is 44.8 Å². The van der Waals surface area contributed by atoms with E-state index in [0.717, 1.165) is 44.9 Å². The minimum absolute atomic E-state index is 0.00296. The highest BCUT2D eigenvalue weighted by Gasteiger charge is 2.64. The molecule has 3 fully saturated rings. The van der Waals surface area contributed by atoms with Crippen LogP contribution >= 0.6 is 0 Å². The Bertz CT molecular complexity index is 868. The number of allylic oxidation sites excluding steroid dienone is 2. The quantitative estimate of drug-likeness (QED) is 0.339. The highest BCUT2D eigenvalue weighted by Crippen LogP contribution is 2.71. The van der Waals surface area contributed by atoms with Crippen LogP contribution in [0.15, 0.2) is 11.1 Å². The summed E-state index contributed by atoms with van der Waals surface area (Å²) < 4.78 is 5.46. The fraction of sp³-hybridized carbons (Fsp3) is 0.900. The molecular weight excluding hydrogens is 408 g/mol. The van der Waals surface area contributed by atoms with Gasteiger partial charge in [0.2, 0.25) is 0 Å². The van der Waals surface area contributed by atoms with Crippen LogP contribution in [0.3, 0.4) is 0 Å². The summed E-state index contributed by atoms with van der Waals surface area (Å²) in [6.07, 6.45) is 12.1. The molecule has 0 heterocycles. The number of aliphatic hydroxyl groups is 1. The van der Waals surface area contributed by atoms with E-state index in [1.807, 2.05) is 0 Å². The van der Waals surface area contributed by atoms with Crippen molar-refractivity contribution >= 4 is 5.97 Å². The summed E-state index contributed by atoms with van der Waals surface area (Å²) in [5.41, 5.74) is 3.97. The second-order valence-electron chi connectivity index (χ2n) is 14.6. The Hall–Kier alpha value is -0.830. The number of rotatable bonds is 1. The van der Waals surface area contributed by atoms with Crippen molar-refractivity contribution in [1.29, 1.82) is 0 Å². The molecule has 186 valence electrons. The van der Waals surface area contributed by atoms with Gasteiger partial charge in [0, 0.05) is 0 Å². The van der Waals surface area contributed by atoms with Crippen LogP contribution in [-0.2, 0) is 9.53 Å². The average Bonchev–Trinajstić information content (AvgIpc) is 2.75. The molecule has 0 saturated heterocycles. The van der Waals surface area contributed by atoms with E-state index in [0.29, 0.717) is 28.6 Å². The normalized spacial score (nSPS) is 48.1. The van der Waals surface area contributed by atoms with Crippen molar-refractivity contribution in [3.05, 3.63) is 11.1 Å². The number of aliphatic hydroxyl groups excluding tert-OH is 1.